The van der Waals surface area contributed by atoms with Gasteiger partial charge in [0.2, 0.25) is 0 Å². The number of ether oxygens (including phenoxy) is 1. The van der Waals surface area contributed by atoms with Crippen molar-refractivity contribution in [1.82, 2.24) is 0 Å². The molecule has 5 aliphatic rings. The fraction of sp³-hybridized carbons (Fsp3) is 0.643. The largest absolute Gasteiger partial charge is 0.456 e. The van der Waals surface area contributed by atoms with Crippen LogP contribution in [0.4, 0.5) is 0 Å². The number of hydrogen-bond acceptors (Lipinski definition) is 5. The molecule has 0 radical (unpaired) electrons. The second kappa shape index (κ2) is 7.51. The minimum atomic E-state index is -1.18. The van der Waals surface area contributed by atoms with Crippen LogP contribution in [0.3, 0.4) is 0 Å². The summed E-state index contributed by atoms with van der Waals surface area (Å²) in [6, 6.07) is 0. The number of carbonyl (C=O) groups excluding carboxylic acids is 2. The fourth-order valence-electron chi connectivity index (χ4n) is 7.95. The number of rotatable bonds is 3. The zero-order chi connectivity index (χ0) is 23.8. The number of esters is 1. The monoisotopic (exact) mass is 452 g/mol. The molecule has 2 N–H and O–H groups in total. The zero-order valence-electron chi connectivity index (χ0n) is 20.2. The molecule has 4 aliphatic carbocycles. The molecule has 0 spiro atoms. The van der Waals surface area contributed by atoms with Crippen LogP contribution < -0.4 is 0 Å². The summed E-state index contributed by atoms with van der Waals surface area (Å²) in [6.45, 7) is 7.74. The van der Waals surface area contributed by atoms with Gasteiger partial charge in [0.05, 0.1) is 17.6 Å². The first kappa shape index (κ1) is 22.8. The molecule has 0 bridgehead atoms. The third-order valence-electron chi connectivity index (χ3n) is 9.97. The number of cyclic esters (lactones) is 1. The summed E-state index contributed by atoms with van der Waals surface area (Å²) in [5.41, 5.74) is 3.43. The Bertz CT molecular complexity index is 1040. The van der Waals surface area contributed by atoms with Crippen molar-refractivity contribution in [3.8, 4) is 0 Å². The lowest BCUT2D eigenvalue weighted by atomic mass is 9.52. The van der Waals surface area contributed by atoms with Crippen LogP contribution in [0.1, 0.15) is 72.6 Å². The fourth-order valence-corrected chi connectivity index (χ4v) is 7.95. The molecule has 5 rings (SSSR count). The zero-order valence-corrected chi connectivity index (χ0v) is 20.2. The molecule has 5 nitrogen and oxygen atoms in total. The summed E-state index contributed by atoms with van der Waals surface area (Å²) in [4.78, 5) is 25.5. The third-order valence-corrected chi connectivity index (χ3v) is 9.97. The Labute approximate surface area is 196 Å². The second-order valence-corrected chi connectivity index (χ2v) is 11.5. The molecule has 1 saturated carbocycles. The molecule has 1 heterocycles. The first-order chi connectivity index (χ1) is 15.5. The molecule has 0 unspecified atom stereocenters. The number of aliphatic hydroxyl groups excluding tert-OH is 1. The maximum atomic E-state index is 13.1. The highest BCUT2D eigenvalue weighted by atomic mass is 16.6. The summed E-state index contributed by atoms with van der Waals surface area (Å²) in [5.74, 6) is -0.0795. The van der Waals surface area contributed by atoms with Crippen molar-refractivity contribution in [2.75, 3.05) is 6.61 Å². The van der Waals surface area contributed by atoms with Crippen LogP contribution in [0.2, 0.25) is 0 Å². The van der Waals surface area contributed by atoms with E-state index in [4.69, 9.17) is 4.74 Å². The summed E-state index contributed by atoms with van der Waals surface area (Å²) in [6.07, 6.45) is 11.3. The van der Waals surface area contributed by atoms with Crippen LogP contribution in [0.15, 0.2) is 46.1 Å². The predicted octanol–water partition coefficient (Wildman–Crippen LogP) is 4.35. The maximum absolute atomic E-state index is 13.1. The molecule has 33 heavy (non-hydrogen) atoms. The number of ketones is 1. The summed E-state index contributed by atoms with van der Waals surface area (Å²) >= 11 is 0. The second-order valence-electron chi connectivity index (χ2n) is 11.5. The van der Waals surface area contributed by atoms with E-state index in [1.54, 1.807) is 6.08 Å². The van der Waals surface area contributed by atoms with Crippen LogP contribution in [0, 0.1) is 22.7 Å². The van der Waals surface area contributed by atoms with E-state index in [1.165, 1.54) is 16.7 Å². The molecular weight excluding hydrogens is 416 g/mol. The highest BCUT2D eigenvalue weighted by Gasteiger charge is 2.59. The lowest BCUT2D eigenvalue weighted by molar-refractivity contribution is -0.175. The Balaban J connectivity index is 1.50. The standard InChI is InChI=1S/C28H36O5/c1-16-14-24(33-25(31)19(16)15-29)28(4,32)22-11-10-20-18-9-8-17-6-5-7-23(30)27(17,3)21(18)12-13-26(20,22)2/h5,7-8,21-22,24,29,32H,6,9-15H2,1-4H3/t21-,22-,24+,26-,27-,28+/m0/s1. The van der Waals surface area contributed by atoms with E-state index in [0.717, 1.165) is 44.1 Å². The van der Waals surface area contributed by atoms with Crippen molar-refractivity contribution in [3.63, 3.8) is 0 Å². The lowest BCUT2D eigenvalue weighted by Gasteiger charge is -2.52. The van der Waals surface area contributed by atoms with Crippen LogP contribution in [0.5, 0.6) is 0 Å². The molecule has 0 aromatic heterocycles. The van der Waals surface area contributed by atoms with Crippen molar-refractivity contribution in [2.45, 2.75) is 84.3 Å². The topological polar surface area (TPSA) is 83.8 Å². The third kappa shape index (κ3) is 3.04. The van der Waals surface area contributed by atoms with E-state index in [2.05, 4.69) is 19.9 Å². The molecule has 1 aliphatic heterocycles. The normalized spacial score (nSPS) is 40.1. The van der Waals surface area contributed by atoms with Gasteiger partial charge in [-0.3, -0.25) is 4.79 Å². The molecule has 5 heteroatoms. The van der Waals surface area contributed by atoms with E-state index in [9.17, 15) is 19.8 Å². The van der Waals surface area contributed by atoms with Gasteiger partial charge in [-0.05, 0) is 76.7 Å². The van der Waals surface area contributed by atoms with Gasteiger partial charge >= 0.3 is 5.97 Å². The Morgan fingerprint density at radius 1 is 1.21 bits per heavy atom. The van der Waals surface area contributed by atoms with Gasteiger partial charge in [0.1, 0.15) is 11.7 Å². The van der Waals surface area contributed by atoms with Gasteiger partial charge in [-0.1, -0.05) is 41.4 Å². The number of fused-ring (bicyclic) bond motifs is 4. The SMILES string of the molecule is CC1=C(CO)C(=O)O[C@@H]([C@](C)(O)[C@H]2CCC3=C4CC=C5CC=CC(=O)[C@]5(C)[C@H]4CC[C@@]32C)C1. The molecule has 0 amide bonds. The van der Waals surface area contributed by atoms with Crippen molar-refractivity contribution in [2.24, 2.45) is 22.7 Å². The van der Waals surface area contributed by atoms with Gasteiger partial charge in [-0.15, -0.1) is 0 Å². The van der Waals surface area contributed by atoms with Crippen molar-refractivity contribution < 1.29 is 24.5 Å². The first-order valence-corrected chi connectivity index (χ1v) is 12.4. The van der Waals surface area contributed by atoms with Gasteiger partial charge in [-0.2, -0.15) is 0 Å². The summed E-state index contributed by atoms with van der Waals surface area (Å²) < 4.78 is 5.68. The van der Waals surface area contributed by atoms with E-state index in [0.29, 0.717) is 12.0 Å². The number of hydrogen-bond donors (Lipinski definition) is 2. The van der Waals surface area contributed by atoms with Gasteiger partial charge in [0.25, 0.3) is 0 Å². The molecule has 0 aromatic carbocycles. The predicted molar refractivity (Wildman–Crippen MR) is 125 cm³/mol. The quantitative estimate of drug-likeness (QED) is 0.491. The molecule has 178 valence electrons. The summed E-state index contributed by atoms with van der Waals surface area (Å²) in [5, 5.41) is 21.4. The minimum Gasteiger partial charge on any atom is -0.456 e. The highest BCUT2D eigenvalue weighted by Crippen LogP contribution is 2.64. The highest BCUT2D eigenvalue weighted by molar-refractivity contribution is 5.99. The lowest BCUT2D eigenvalue weighted by Crippen LogP contribution is -2.54. The molecule has 1 fully saturated rings. The Hall–Kier alpha value is -1.98. The minimum absolute atomic E-state index is 0.0325. The number of aliphatic hydroxyl groups is 2. The molecule has 6 atom stereocenters. The van der Waals surface area contributed by atoms with E-state index in [1.807, 2.05) is 19.9 Å². The average molecular weight is 453 g/mol. The molecule has 0 aromatic rings. The van der Waals surface area contributed by atoms with Gasteiger partial charge in [0.15, 0.2) is 5.78 Å². The van der Waals surface area contributed by atoms with Crippen molar-refractivity contribution in [1.29, 1.82) is 0 Å². The van der Waals surface area contributed by atoms with Crippen LogP contribution in [-0.2, 0) is 14.3 Å². The van der Waals surface area contributed by atoms with Gasteiger partial charge in [-0.25, -0.2) is 4.79 Å². The molecule has 0 saturated heterocycles. The summed E-state index contributed by atoms with van der Waals surface area (Å²) in [7, 11) is 0. The molecular formula is C28H36O5. The maximum Gasteiger partial charge on any atom is 0.336 e. The van der Waals surface area contributed by atoms with Gasteiger partial charge in [0, 0.05) is 12.3 Å². The van der Waals surface area contributed by atoms with Gasteiger partial charge < -0.3 is 14.9 Å². The van der Waals surface area contributed by atoms with Crippen molar-refractivity contribution >= 4 is 11.8 Å². The Morgan fingerprint density at radius 2 is 1.97 bits per heavy atom. The smallest absolute Gasteiger partial charge is 0.336 e. The average Bonchev–Trinajstić information content (AvgIpc) is 3.12. The van der Waals surface area contributed by atoms with E-state index < -0.39 is 23.1 Å². The first-order valence-electron chi connectivity index (χ1n) is 12.4. The Kier molecular flexibility index (Phi) is 5.19. The van der Waals surface area contributed by atoms with E-state index >= 15 is 0 Å². The van der Waals surface area contributed by atoms with Crippen LogP contribution in [0.25, 0.3) is 0 Å². The number of carbonyl (C=O) groups is 2. The van der Waals surface area contributed by atoms with E-state index in [-0.39, 0.29) is 29.6 Å². The Morgan fingerprint density at radius 3 is 2.67 bits per heavy atom. The van der Waals surface area contributed by atoms with Crippen LogP contribution in [-0.4, -0.2) is 40.3 Å². The van der Waals surface area contributed by atoms with Crippen molar-refractivity contribution in [3.05, 3.63) is 46.1 Å². The van der Waals surface area contributed by atoms with Crippen LogP contribution >= 0.6 is 0 Å². The number of allylic oxidation sites excluding steroid dienone is 6.